The van der Waals surface area contributed by atoms with Gasteiger partial charge < -0.3 is 10.1 Å². The number of hydrogen-bond acceptors (Lipinski definition) is 6. The van der Waals surface area contributed by atoms with Gasteiger partial charge in [-0.25, -0.2) is 9.78 Å². The number of nitro groups is 1. The van der Waals surface area contributed by atoms with Crippen molar-refractivity contribution in [3.8, 4) is 0 Å². The van der Waals surface area contributed by atoms with Crippen LogP contribution in [0, 0.1) is 10.1 Å². The molecule has 0 spiro atoms. The normalized spacial score (nSPS) is 11.7. The Labute approximate surface area is 104 Å². The number of carbonyl (C=O) groups excluding carboxylic acids is 1. The molecule has 0 bridgehead atoms. The zero-order valence-electron chi connectivity index (χ0n) is 10.5. The summed E-state index contributed by atoms with van der Waals surface area (Å²) in [6.07, 6.45) is 2.06. The lowest BCUT2D eigenvalue weighted by atomic mass is 10.2. The van der Waals surface area contributed by atoms with Crippen molar-refractivity contribution in [2.24, 2.45) is 0 Å². The number of nitrogens with zero attached hydrogens (tertiary/aromatic N) is 2. The van der Waals surface area contributed by atoms with Crippen LogP contribution in [-0.4, -0.2) is 29.0 Å². The first-order valence-corrected chi connectivity index (χ1v) is 5.48. The smallest absolute Gasteiger partial charge is 0.339 e. The van der Waals surface area contributed by atoms with Crippen LogP contribution in [0.2, 0.25) is 0 Å². The second kappa shape index (κ2) is 5.95. The fourth-order valence-electron chi connectivity index (χ4n) is 1.27. The molecule has 18 heavy (non-hydrogen) atoms. The fourth-order valence-corrected chi connectivity index (χ4v) is 1.27. The van der Waals surface area contributed by atoms with Crippen LogP contribution in [0.4, 0.5) is 11.5 Å². The third-order valence-corrected chi connectivity index (χ3v) is 2.48. The van der Waals surface area contributed by atoms with Crippen LogP contribution in [-0.2, 0) is 4.74 Å². The van der Waals surface area contributed by atoms with Crippen LogP contribution in [0.5, 0.6) is 0 Å². The maximum absolute atomic E-state index is 11.3. The SMILES string of the molecule is CCC(C)Nc1ncc(C(=O)OC)cc1[N+](=O)[O-]. The minimum absolute atomic E-state index is 0.0545. The molecule has 0 amide bonds. The Morgan fingerprint density at radius 3 is 2.83 bits per heavy atom. The molecule has 98 valence electrons. The molecule has 0 radical (unpaired) electrons. The van der Waals surface area contributed by atoms with E-state index in [2.05, 4.69) is 15.0 Å². The van der Waals surface area contributed by atoms with E-state index in [0.29, 0.717) is 0 Å². The van der Waals surface area contributed by atoms with E-state index in [1.807, 2.05) is 13.8 Å². The molecule has 1 heterocycles. The van der Waals surface area contributed by atoms with Crippen molar-refractivity contribution in [2.45, 2.75) is 26.3 Å². The molecule has 7 heteroatoms. The highest BCUT2D eigenvalue weighted by Gasteiger charge is 2.20. The van der Waals surface area contributed by atoms with Gasteiger partial charge in [-0.2, -0.15) is 0 Å². The van der Waals surface area contributed by atoms with E-state index in [4.69, 9.17) is 0 Å². The molecule has 1 unspecified atom stereocenters. The Morgan fingerprint density at radius 1 is 1.67 bits per heavy atom. The van der Waals surface area contributed by atoms with E-state index in [1.165, 1.54) is 13.3 Å². The molecule has 0 aromatic carbocycles. The van der Waals surface area contributed by atoms with E-state index in [1.54, 1.807) is 0 Å². The summed E-state index contributed by atoms with van der Waals surface area (Å²) < 4.78 is 4.49. The van der Waals surface area contributed by atoms with Crippen molar-refractivity contribution in [3.05, 3.63) is 27.9 Å². The van der Waals surface area contributed by atoms with Gasteiger partial charge in [0.15, 0.2) is 0 Å². The van der Waals surface area contributed by atoms with Gasteiger partial charge in [0.05, 0.1) is 17.6 Å². The Kier molecular flexibility index (Phi) is 4.59. The monoisotopic (exact) mass is 253 g/mol. The van der Waals surface area contributed by atoms with Crippen LogP contribution < -0.4 is 5.32 Å². The van der Waals surface area contributed by atoms with Crippen LogP contribution >= 0.6 is 0 Å². The highest BCUT2D eigenvalue weighted by molar-refractivity contribution is 5.90. The van der Waals surface area contributed by atoms with Crippen molar-refractivity contribution in [1.82, 2.24) is 4.98 Å². The van der Waals surface area contributed by atoms with E-state index < -0.39 is 10.9 Å². The number of rotatable bonds is 5. The standard InChI is InChI=1S/C11H15N3O4/c1-4-7(2)13-10-9(14(16)17)5-8(6-12-10)11(15)18-3/h5-7H,4H2,1-3H3,(H,12,13). The summed E-state index contributed by atoms with van der Waals surface area (Å²) in [6, 6.07) is 1.21. The van der Waals surface area contributed by atoms with Gasteiger partial charge in [0.2, 0.25) is 5.82 Å². The van der Waals surface area contributed by atoms with Gasteiger partial charge in [-0.15, -0.1) is 0 Å². The molecule has 7 nitrogen and oxygen atoms in total. The summed E-state index contributed by atoms with van der Waals surface area (Å²) in [5, 5.41) is 13.8. The van der Waals surface area contributed by atoms with Crippen LogP contribution in [0.25, 0.3) is 0 Å². The highest BCUT2D eigenvalue weighted by atomic mass is 16.6. The van der Waals surface area contributed by atoms with Gasteiger partial charge in [-0.05, 0) is 13.3 Å². The lowest BCUT2D eigenvalue weighted by Gasteiger charge is -2.12. The Bertz CT molecular complexity index is 462. The topological polar surface area (TPSA) is 94.4 Å². The van der Waals surface area contributed by atoms with Gasteiger partial charge in [0, 0.05) is 18.3 Å². The summed E-state index contributed by atoms with van der Waals surface area (Å²) in [4.78, 5) is 25.5. The molecular weight excluding hydrogens is 238 g/mol. The van der Waals surface area contributed by atoms with E-state index in [-0.39, 0.29) is 23.1 Å². The third-order valence-electron chi connectivity index (χ3n) is 2.48. The Hall–Kier alpha value is -2.18. The van der Waals surface area contributed by atoms with Gasteiger partial charge in [0.1, 0.15) is 0 Å². The van der Waals surface area contributed by atoms with E-state index in [0.717, 1.165) is 12.5 Å². The average Bonchev–Trinajstić information content (AvgIpc) is 2.37. The van der Waals surface area contributed by atoms with Gasteiger partial charge in [-0.3, -0.25) is 10.1 Å². The highest BCUT2D eigenvalue weighted by Crippen LogP contribution is 2.24. The fraction of sp³-hybridized carbons (Fsp3) is 0.455. The van der Waals surface area contributed by atoms with Crippen molar-refractivity contribution < 1.29 is 14.5 Å². The molecular formula is C11H15N3O4. The summed E-state index contributed by atoms with van der Waals surface area (Å²) in [7, 11) is 1.21. The van der Waals surface area contributed by atoms with Gasteiger partial charge >= 0.3 is 11.7 Å². The summed E-state index contributed by atoms with van der Waals surface area (Å²) in [5.41, 5.74) is -0.183. The van der Waals surface area contributed by atoms with Crippen molar-refractivity contribution in [3.63, 3.8) is 0 Å². The lowest BCUT2D eigenvalue weighted by Crippen LogP contribution is -2.16. The Morgan fingerprint density at radius 2 is 2.33 bits per heavy atom. The maximum atomic E-state index is 11.3. The molecule has 1 N–H and O–H groups in total. The number of anilines is 1. The molecule has 1 aromatic heterocycles. The summed E-state index contributed by atoms with van der Waals surface area (Å²) in [6.45, 7) is 3.84. The molecule has 1 atom stereocenters. The first kappa shape index (κ1) is 13.9. The third kappa shape index (κ3) is 3.16. The quantitative estimate of drug-likeness (QED) is 0.490. The number of methoxy groups -OCH3 is 1. The first-order valence-electron chi connectivity index (χ1n) is 5.48. The maximum Gasteiger partial charge on any atom is 0.339 e. The second-order valence-corrected chi connectivity index (χ2v) is 3.79. The molecule has 1 rings (SSSR count). The minimum Gasteiger partial charge on any atom is -0.465 e. The first-order chi connectivity index (χ1) is 8.49. The summed E-state index contributed by atoms with van der Waals surface area (Å²) in [5.74, 6) is -0.498. The minimum atomic E-state index is -0.652. The van der Waals surface area contributed by atoms with Crippen LogP contribution in [0.15, 0.2) is 12.3 Å². The molecule has 0 aliphatic heterocycles. The number of pyridine rings is 1. The molecule has 1 aromatic rings. The molecule has 0 saturated heterocycles. The zero-order chi connectivity index (χ0) is 13.7. The predicted molar refractivity (Wildman–Crippen MR) is 65.6 cm³/mol. The zero-order valence-corrected chi connectivity index (χ0v) is 10.5. The number of hydrogen-bond donors (Lipinski definition) is 1. The van der Waals surface area contributed by atoms with E-state index in [9.17, 15) is 14.9 Å². The molecule has 0 aliphatic rings. The van der Waals surface area contributed by atoms with Gasteiger partial charge in [0.25, 0.3) is 0 Å². The van der Waals surface area contributed by atoms with Crippen molar-refractivity contribution in [2.75, 3.05) is 12.4 Å². The van der Waals surface area contributed by atoms with Gasteiger partial charge in [-0.1, -0.05) is 6.92 Å². The predicted octanol–water partition coefficient (Wildman–Crippen LogP) is 1.99. The number of ether oxygens (including phenoxy) is 1. The summed E-state index contributed by atoms with van der Waals surface area (Å²) >= 11 is 0. The average molecular weight is 253 g/mol. The van der Waals surface area contributed by atoms with Crippen LogP contribution in [0.3, 0.4) is 0 Å². The molecule has 0 fully saturated rings. The number of aromatic nitrogens is 1. The number of esters is 1. The Balaban J connectivity index is 3.12. The number of carbonyl (C=O) groups is 1. The van der Waals surface area contributed by atoms with Crippen molar-refractivity contribution >= 4 is 17.5 Å². The number of nitrogens with one attached hydrogen (secondary N) is 1. The largest absolute Gasteiger partial charge is 0.465 e. The second-order valence-electron chi connectivity index (χ2n) is 3.79. The van der Waals surface area contributed by atoms with Crippen LogP contribution in [0.1, 0.15) is 30.6 Å². The molecule has 0 aliphatic carbocycles. The van der Waals surface area contributed by atoms with Crippen molar-refractivity contribution in [1.29, 1.82) is 0 Å². The lowest BCUT2D eigenvalue weighted by molar-refractivity contribution is -0.384. The van der Waals surface area contributed by atoms with E-state index >= 15 is 0 Å². The molecule has 0 saturated carbocycles.